The fourth-order valence-electron chi connectivity index (χ4n) is 5.54. The SMILES string of the molecule is Cc1ccc(-n2nc(C(C)(C)C)cc2NC(=O)Nc2ccc(Oc3ccnc(NC(=O)NC4CCCC4)c3)c3ccccc23)cc1. The van der Waals surface area contributed by atoms with Crippen LogP contribution in [0.3, 0.4) is 0 Å². The molecule has 0 saturated heterocycles. The minimum atomic E-state index is -0.395. The smallest absolute Gasteiger partial charge is 0.324 e. The van der Waals surface area contributed by atoms with Crippen LogP contribution in [-0.4, -0.2) is 32.9 Å². The van der Waals surface area contributed by atoms with E-state index in [4.69, 9.17) is 9.84 Å². The molecule has 4 amide bonds. The first-order valence-electron chi connectivity index (χ1n) is 15.6. The average molecular weight is 618 g/mol. The summed E-state index contributed by atoms with van der Waals surface area (Å²) in [6.07, 6.45) is 5.87. The maximum Gasteiger partial charge on any atom is 0.324 e. The van der Waals surface area contributed by atoms with E-state index >= 15 is 0 Å². The topological polar surface area (TPSA) is 122 Å². The molecule has 46 heavy (non-hydrogen) atoms. The number of amides is 4. The monoisotopic (exact) mass is 617 g/mol. The molecule has 0 spiro atoms. The number of ether oxygens (including phenoxy) is 1. The summed E-state index contributed by atoms with van der Waals surface area (Å²) < 4.78 is 8.01. The van der Waals surface area contributed by atoms with Gasteiger partial charge in [-0.25, -0.2) is 19.3 Å². The highest BCUT2D eigenvalue weighted by Crippen LogP contribution is 2.35. The first kappa shape index (κ1) is 30.6. The van der Waals surface area contributed by atoms with Crippen molar-refractivity contribution < 1.29 is 14.3 Å². The predicted molar refractivity (Wildman–Crippen MR) is 182 cm³/mol. The molecule has 2 aromatic heterocycles. The van der Waals surface area contributed by atoms with Gasteiger partial charge in [-0.2, -0.15) is 5.10 Å². The zero-order valence-electron chi connectivity index (χ0n) is 26.6. The van der Waals surface area contributed by atoms with Gasteiger partial charge in [0.25, 0.3) is 0 Å². The summed E-state index contributed by atoms with van der Waals surface area (Å²) in [6.45, 7) is 8.30. The van der Waals surface area contributed by atoms with E-state index in [0.29, 0.717) is 28.8 Å². The van der Waals surface area contributed by atoms with Crippen LogP contribution in [0.2, 0.25) is 0 Å². The number of hydrogen-bond donors (Lipinski definition) is 4. The Labute approximate surface area is 268 Å². The predicted octanol–water partition coefficient (Wildman–Crippen LogP) is 8.53. The Morgan fingerprint density at radius 3 is 2.33 bits per heavy atom. The van der Waals surface area contributed by atoms with Gasteiger partial charge in [-0.3, -0.25) is 10.6 Å². The number of fused-ring (bicyclic) bond motifs is 1. The lowest BCUT2D eigenvalue weighted by Gasteiger charge is -2.15. The number of nitrogens with one attached hydrogen (secondary N) is 4. The maximum absolute atomic E-state index is 13.4. The van der Waals surface area contributed by atoms with Crippen LogP contribution in [0.5, 0.6) is 11.5 Å². The molecule has 0 unspecified atom stereocenters. The normalized spacial score (nSPS) is 13.4. The van der Waals surface area contributed by atoms with Crippen molar-refractivity contribution in [3.05, 3.63) is 96.3 Å². The van der Waals surface area contributed by atoms with E-state index < -0.39 is 6.03 Å². The number of aromatic nitrogens is 3. The molecule has 2 heterocycles. The van der Waals surface area contributed by atoms with Gasteiger partial charge in [0.1, 0.15) is 23.1 Å². The molecule has 5 aromatic rings. The largest absolute Gasteiger partial charge is 0.457 e. The van der Waals surface area contributed by atoms with Crippen molar-refractivity contribution in [3.63, 3.8) is 0 Å². The van der Waals surface area contributed by atoms with Crippen molar-refractivity contribution in [1.82, 2.24) is 20.1 Å². The molecule has 236 valence electrons. The third-order valence-electron chi connectivity index (χ3n) is 8.02. The highest BCUT2D eigenvalue weighted by atomic mass is 16.5. The van der Waals surface area contributed by atoms with Gasteiger partial charge in [0.15, 0.2) is 0 Å². The van der Waals surface area contributed by atoms with Crippen LogP contribution in [0.4, 0.5) is 26.9 Å². The third-order valence-corrected chi connectivity index (χ3v) is 8.02. The standard InChI is InChI=1S/C36H39N7O3/c1-23-13-15-25(16-14-23)43-33(22-31(42-43)36(2,3)4)41-35(45)39-29-17-18-30(28-12-8-7-11-27(28)29)46-26-19-20-37-32(21-26)40-34(44)38-24-9-5-6-10-24/h7-8,11-22,24H,5-6,9-10H2,1-4H3,(H2,39,41,45)(H2,37,38,40,44). The van der Waals surface area contributed by atoms with Crippen molar-refractivity contribution in [2.75, 3.05) is 16.0 Å². The number of carbonyl (C=O) groups is 2. The van der Waals surface area contributed by atoms with Gasteiger partial charge in [-0.15, -0.1) is 0 Å². The molecule has 0 atom stereocenters. The number of urea groups is 2. The van der Waals surface area contributed by atoms with Crippen LogP contribution in [0.15, 0.2) is 85.1 Å². The van der Waals surface area contributed by atoms with Crippen molar-refractivity contribution in [3.8, 4) is 17.2 Å². The first-order chi connectivity index (χ1) is 22.1. The number of rotatable bonds is 7. The molecular weight excluding hydrogens is 578 g/mol. The minimum absolute atomic E-state index is 0.205. The highest BCUT2D eigenvalue weighted by molar-refractivity contribution is 6.07. The Kier molecular flexibility index (Phi) is 8.61. The zero-order chi connectivity index (χ0) is 32.3. The van der Waals surface area contributed by atoms with Crippen LogP contribution < -0.4 is 26.0 Å². The van der Waals surface area contributed by atoms with E-state index in [-0.39, 0.29) is 17.5 Å². The van der Waals surface area contributed by atoms with Gasteiger partial charge in [0.2, 0.25) is 0 Å². The van der Waals surface area contributed by atoms with Gasteiger partial charge in [0, 0.05) is 40.6 Å². The Hall–Kier alpha value is -5.38. The molecule has 3 aromatic carbocycles. The molecule has 0 radical (unpaired) electrons. The van der Waals surface area contributed by atoms with Crippen LogP contribution in [-0.2, 0) is 5.41 Å². The number of pyridine rings is 1. The number of carbonyl (C=O) groups excluding carboxylic acids is 2. The fourth-order valence-corrected chi connectivity index (χ4v) is 5.54. The Morgan fingerprint density at radius 1 is 0.848 bits per heavy atom. The maximum atomic E-state index is 13.4. The molecular formula is C36H39N7O3. The average Bonchev–Trinajstić information content (AvgIpc) is 3.69. The lowest BCUT2D eigenvalue weighted by molar-refractivity contribution is 0.248. The van der Waals surface area contributed by atoms with Crippen molar-refractivity contribution in [2.24, 2.45) is 0 Å². The highest BCUT2D eigenvalue weighted by Gasteiger charge is 2.22. The van der Waals surface area contributed by atoms with Gasteiger partial charge in [-0.1, -0.05) is 75.6 Å². The number of anilines is 3. The van der Waals surface area contributed by atoms with E-state index in [1.54, 1.807) is 23.0 Å². The van der Waals surface area contributed by atoms with Crippen LogP contribution >= 0.6 is 0 Å². The summed E-state index contributed by atoms with van der Waals surface area (Å²) in [5, 5.41) is 18.3. The van der Waals surface area contributed by atoms with Gasteiger partial charge >= 0.3 is 12.1 Å². The van der Waals surface area contributed by atoms with Gasteiger partial charge in [0.05, 0.1) is 17.1 Å². The summed E-state index contributed by atoms with van der Waals surface area (Å²) in [4.78, 5) is 30.1. The van der Waals surface area contributed by atoms with E-state index in [2.05, 4.69) is 47.0 Å². The quantitative estimate of drug-likeness (QED) is 0.146. The molecule has 10 nitrogen and oxygen atoms in total. The van der Waals surface area contributed by atoms with Gasteiger partial charge in [-0.05, 0) is 50.1 Å². The molecule has 4 N–H and O–H groups in total. The molecule has 1 fully saturated rings. The number of benzene rings is 3. The van der Waals surface area contributed by atoms with E-state index in [1.165, 1.54) is 0 Å². The molecule has 0 bridgehead atoms. The van der Waals surface area contributed by atoms with Gasteiger partial charge < -0.3 is 15.4 Å². The summed E-state index contributed by atoms with van der Waals surface area (Å²) in [5.41, 5.74) is 3.27. The molecule has 1 aliphatic rings. The van der Waals surface area contributed by atoms with E-state index in [9.17, 15) is 9.59 Å². The third kappa shape index (κ3) is 7.12. The molecule has 1 aliphatic carbocycles. The Balaban J connectivity index is 1.19. The summed E-state index contributed by atoms with van der Waals surface area (Å²) in [7, 11) is 0. The lowest BCUT2D eigenvalue weighted by atomic mass is 9.92. The van der Waals surface area contributed by atoms with Crippen molar-refractivity contribution >= 4 is 40.2 Å². The van der Waals surface area contributed by atoms with Crippen LogP contribution in [0.25, 0.3) is 16.5 Å². The second-order valence-electron chi connectivity index (χ2n) is 12.7. The minimum Gasteiger partial charge on any atom is -0.457 e. The number of hydrogen-bond acceptors (Lipinski definition) is 5. The zero-order valence-corrected chi connectivity index (χ0v) is 26.6. The second-order valence-corrected chi connectivity index (χ2v) is 12.7. The molecule has 6 rings (SSSR count). The fraction of sp³-hybridized carbons (Fsp3) is 0.278. The second kappa shape index (κ2) is 12.9. The molecule has 0 aliphatic heterocycles. The van der Waals surface area contributed by atoms with Crippen molar-refractivity contribution in [1.29, 1.82) is 0 Å². The summed E-state index contributed by atoms with van der Waals surface area (Å²) >= 11 is 0. The van der Waals surface area contributed by atoms with E-state index in [0.717, 1.165) is 53.4 Å². The number of nitrogens with zero attached hydrogens (tertiary/aromatic N) is 3. The molecule has 10 heteroatoms. The van der Waals surface area contributed by atoms with Crippen LogP contribution in [0, 0.1) is 6.92 Å². The molecule has 1 saturated carbocycles. The number of aryl methyl sites for hydroxylation is 1. The summed E-state index contributed by atoms with van der Waals surface area (Å²) in [5.74, 6) is 2.08. The Bertz CT molecular complexity index is 1870. The van der Waals surface area contributed by atoms with Crippen LogP contribution in [0.1, 0.15) is 57.7 Å². The van der Waals surface area contributed by atoms with E-state index in [1.807, 2.05) is 73.7 Å². The lowest BCUT2D eigenvalue weighted by Crippen LogP contribution is -2.36. The Morgan fingerprint density at radius 2 is 1.59 bits per heavy atom. The van der Waals surface area contributed by atoms with Crippen molar-refractivity contribution in [2.45, 2.75) is 64.8 Å². The first-order valence-corrected chi connectivity index (χ1v) is 15.6. The summed E-state index contributed by atoms with van der Waals surface area (Å²) in [6, 6.07) is 24.2.